The number of carbonyl (C=O) groups excluding carboxylic acids is 1. The fourth-order valence-electron chi connectivity index (χ4n) is 1.75. The Bertz CT molecular complexity index is 648. The molecule has 1 aliphatic rings. The first-order valence-corrected chi connectivity index (χ1v) is 6.97. The molecule has 2 aromatic rings. The molecule has 3 nitrogen and oxygen atoms in total. The Morgan fingerprint density at radius 1 is 1.21 bits per heavy atom. The molecule has 0 spiro atoms. The van der Waals surface area contributed by atoms with Gasteiger partial charge in [0.25, 0.3) is 5.91 Å². The largest absolute Gasteiger partial charge is 0.338 e. The highest BCUT2D eigenvalue weighted by molar-refractivity contribution is 7.14. The first kappa shape index (κ1) is 11.9. The normalized spacial score (nSPS) is 13.4. The van der Waals surface area contributed by atoms with Crippen LogP contribution in [0.25, 0.3) is 0 Å². The number of amides is 1. The van der Waals surface area contributed by atoms with Crippen LogP contribution in [0.5, 0.6) is 0 Å². The van der Waals surface area contributed by atoms with Crippen molar-refractivity contribution in [2.75, 3.05) is 13.1 Å². The molecular formula is C15H12N2OS. The standard InChI is InChI=1S/C15H12N2OS/c18-15(17-9-4-10-17)13-11-16-14(19-13)8-7-12-5-2-1-3-6-12/h1-3,5-6,11H,4,9-10H2. The Labute approximate surface area is 115 Å². The Morgan fingerprint density at radius 2 is 2.00 bits per heavy atom. The Kier molecular flexibility index (Phi) is 3.30. The van der Waals surface area contributed by atoms with E-state index in [0.717, 1.165) is 25.1 Å². The van der Waals surface area contributed by atoms with Gasteiger partial charge in [0.1, 0.15) is 4.88 Å². The maximum Gasteiger partial charge on any atom is 0.265 e. The van der Waals surface area contributed by atoms with Crippen LogP contribution >= 0.6 is 11.3 Å². The lowest BCUT2D eigenvalue weighted by Gasteiger charge is -2.30. The molecule has 1 aromatic heterocycles. The maximum absolute atomic E-state index is 12.0. The number of likely N-dealkylation sites (tertiary alicyclic amines) is 1. The summed E-state index contributed by atoms with van der Waals surface area (Å²) in [5.41, 5.74) is 0.952. The van der Waals surface area contributed by atoms with E-state index < -0.39 is 0 Å². The van der Waals surface area contributed by atoms with Gasteiger partial charge in [0.15, 0.2) is 5.01 Å². The van der Waals surface area contributed by atoms with Gasteiger partial charge < -0.3 is 4.90 Å². The maximum atomic E-state index is 12.0. The van der Waals surface area contributed by atoms with E-state index in [4.69, 9.17) is 0 Å². The molecule has 1 aromatic carbocycles. The van der Waals surface area contributed by atoms with Crippen LogP contribution in [-0.2, 0) is 0 Å². The number of benzene rings is 1. The fourth-order valence-corrected chi connectivity index (χ4v) is 2.49. The second-order valence-electron chi connectivity index (χ2n) is 4.29. The van der Waals surface area contributed by atoms with Crippen LogP contribution in [0.3, 0.4) is 0 Å². The van der Waals surface area contributed by atoms with Gasteiger partial charge in [-0.05, 0) is 24.5 Å². The Balaban J connectivity index is 1.75. The topological polar surface area (TPSA) is 33.2 Å². The smallest absolute Gasteiger partial charge is 0.265 e. The molecule has 0 radical (unpaired) electrons. The molecule has 0 atom stereocenters. The highest BCUT2D eigenvalue weighted by atomic mass is 32.1. The molecule has 0 N–H and O–H groups in total. The monoisotopic (exact) mass is 268 g/mol. The van der Waals surface area contributed by atoms with Crippen LogP contribution in [0.1, 0.15) is 26.7 Å². The first-order valence-electron chi connectivity index (χ1n) is 6.15. The van der Waals surface area contributed by atoms with Crippen LogP contribution in [-0.4, -0.2) is 28.9 Å². The minimum Gasteiger partial charge on any atom is -0.338 e. The average Bonchev–Trinajstić information content (AvgIpc) is 2.84. The van der Waals surface area contributed by atoms with Crippen molar-refractivity contribution in [2.45, 2.75) is 6.42 Å². The molecule has 3 rings (SSSR count). The Hall–Kier alpha value is -2.12. The molecule has 19 heavy (non-hydrogen) atoms. The third kappa shape index (κ3) is 2.67. The third-order valence-electron chi connectivity index (χ3n) is 2.95. The fraction of sp³-hybridized carbons (Fsp3) is 0.200. The predicted molar refractivity (Wildman–Crippen MR) is 75.1 cm³/mol. The minimum atomic E-state index is 0.0801. The number of thiazole rings is 1. The summed E-state index contributed by atoms with van der Waals surface area (Å²) >= 11 is 1.36. The number of hydrogen-bond acceptors (Lipinski definition) is 3. The zero-order valence-corrected chi connectivity index (χ0v) is 11.1. The summed E-state index contributed by atoms with van der Waals surface area (Å²) in [4.78, 5) is 18.7. The second-order valence-corrected chi connectivity index (χ2v) is 5.32. The lowest BCUT2D eigenvalue weighted by atomic mass is 10.2. The predicted octanol–water partition coefficient (Wildman–Crippen LogP) is 2.39. The van der Waals surface area contributed by atoms with E-state index in [-0.39, 0.29) is 5.91 Å². The summed E-state index contributed by atoms with van der Waals surface area (Å²) < 4.78 is 0. The van der Waals surface area contributed by atoms with Crippen molar-refractivity contribution in [3.05, 3.63) is 52.0 Å². The summed E-state index contributed by atoms with van der Waals surface area (Å²) in [6, 6.07) is 9.76. The lowest BCUT2D eigenvalue weighted by Crippen LogP contribution is -2.41. The highest BCUT2D eigenvalue weighted by Gasteiger charge is 2.23. The SMILES string of the molecule is O=C(c1cnc(C#Cc2ccccc2)s1)N1CCC1. The van der Waals surface area contributed by atoms with Gasteiger partial charge in [0, 0.05) is 18.7 Å². The van der Waals surface area contributed by atoms with Crippen LogP contribution < -0.4 is 0 Å². The average molecular weight is 268 g/mol. The van der Waals surface area contributed by atoms with E-state index >= 15 is 0 Å². The molecule has 4 heteroatoms. The summed E-state index contributed by atoms with van der Waals surface area (Å²) in [6.45, 7) is 1.73. The van der Waals surface area contributed by atoms with Gasteiger partial charge in [-0.3, -0.25) is 4.79 Å². The molecule has 2 heterocycles. The zero-order chi connectivity index (χ0) is 13.1. The van der Waals surface area contributed by atoms with E-state index in [2.05, 4.69) is 16.8 Å². The van der Waals surface area contributed by atoms with Crippen molar-refractivity contribution in [1.29, 1.82) is 0 Å². The quantitative estimate of drug-likeness (QED) is 0.744. The van der Waals surface area contributed by atoms with Gasteiger partial charge in [0.2, 0.25) is 0 Å². The first-order chi connectivity index (χ1) is 9.33. The number of nitrogens with zero attached hydrogens (tertiary/aromatic N) is 2. The van der Waals surface area contributed by atoms with Gasteiger partial charge in [-0.25, -0.2) is 4.98 Å². The van der Waals surface area contributed by atoms with Gasteiger partial charge >= 0.3 is 0 Å². The Morgan fingerprint density at radius 3 is 2.68 bits per heavy atom. The van der Waals surface area contributed by atoms with Crippen molar-refractivity contribution in [2.24, 2.45) is 0 Å². The van der Waals surface area contributed by atoms with Crippen LogP contribution in [0.4, 0.5) is 0 Å². The van der Waals surface area contributed by atoms with E-state index in [1.807, 2.05) is 35.2 Å². The van der Waals surface area contributed by atoms with E-state index in [1.54, 1.807) is 6.20 Å². The number of carbonyl (C=O) groups is 1. The van der Waals surface area contributed by atoms with Crippen molar-refractivity contribution in [1.82, 2.24) is 9.88 Å². The molecule has 94 valence electrons. The van der Waals surface area contributed by atoms with Crippen molar-refractivity contribution < 1.29 is 4.79 Å². The molecule has 0 aliphatic carbocycles. The summed E-state index contributed by atoms with van der Waals surface area (Å²) in [6.07, 6.45) is 2.73. The van der Waals surface area contributed by atoms with Gasteiger partial charge in [-0.15, -0.1) is 11.3 Å². The van der Waals surface area contributed by atoms with Gasteiger partial charge in [0.05, 0.1) is 6.20 Å². The molecule has 0 bridgehead atoms. The van der Waals surface area contributed by atoms with Crippen molar-refractivity contribution in [3.63, 3.8) is 0 Å². The molecule has 1 aliphatic heterocycles. The highest BCUT2D eigenvalue weighted by Crippen LogP contribution is 2.18. The molecule has 0 unspecified atom stereocenters. The van der Waals surface area contributed by atoms with E-state index in [9.17, 15) is 4.79 Å². The summed E-state index contributed by atoms with van der Waals surface area (Å²) in [5.74, 6) is 6.12. The molecular weight excluding hydrogens is 256 g/mol. The molecule has 1 saturated heterocycles. The van der Waals surface area contributed by atoms with Gasteiger partial charge in [-0.2, -0.15) is 0 Å². The van der Waals surface area contributed by atoms with Crippen molar-refractivity contribution in [3.8, 4) is 11.8 Å². The van der Waals surface area contributed by atoms with Crippen LogP contribution in [0, 0.1) is 11.8 Å². The summed E-state index contributed by atoms with van der Waals surface area (Å²) in [5, 5.41) is 0.688. The summed E-state index contributed by atoms with van der Waals surface area (Å²) in [7, 11) is 0. The molecule has 1 fully saturated rings. The van der Waals surface area contributed by atoms with E-state index in [0.29, 0.717) is 9.88 Å². The second kappa shape index (κ2) is 5.25. The zero-order valence-electron chi connectivity index (χ0n) is 10.3. The minimum absolute atomic E-state index is 0.0801. The van der Waals surface area contributed by atoms with Gasteiger partial charge in [-0.1, -0.05) is 24.1 Å². The van der Waals surface area contributed by atoms with Crippen molar-refractivity contribution >= 4 is 17.2 Å². The molecule has 0 saturated carbocycles. The van der Waals surface area contributed by atoms with E-state index in [1.165, 1.54) is 11.3 Å². The number of hydrogen-bond donors (Lipinski definition) is 0. The number of rotatable bonds is 1. The lowest BCUT2D eigenvalue weighted by molar-refractivity contribution is 0.0656. The van der Waals surface area contributed by atoms with Crippen LogP contribution in [0.15, 0.2) is 36.5 Å². The number of aromatic nitrogens is 1. The molecule has 1 amide bonds. The third-order valence-corrected chi connectivity index (χ3v) is 3.85. The van der Waals surface area contributed by atoms with Crippen LogP contribution in [0.2, 0.25) is 0 Å².